The van der Waals surface area contributed by atoms with Crippen molar-refractivity contribution < 1.29 is 14.9 Å². The summed E-state index contributed by atoms with van der Waals surface area (Å²) in [5.74, 6) is 0.647. The van der Waals surface area contributed by atoms with E-state index in [2.05, 4.69) is 0 Å². The van der Waals surface area contributed by atoms with Gasteiger partial charge in [0, 0.05) is 5.56 Å². The first-order valence-electron chi connectivity index (χ1n) is 5.99. The Morgan fingerprint density at radius 1 is 1.41 bits per heavy atom. The second-order valence-electron chi connectivity index (χ2n) is 4.86. The molecule has 0 aromatic heterocycles. The molecule has 0 aliphatic heterocycles. The van der Waals surface area contributed by atoms with E-state index < -0.39 is 11.7 Å². The number of ether oxygens (including phenoxy) is 1. The van der Waals surface area contributed by atoms with Crippen LogP contribution in [0, 0.1) is 6.92 Å². The van der Waals surface area contributed by atoms with Crippen LogP contribution in [0.1, 0.15) is 44.4 Å². The number of aliphatic hydroxyl groups excluding tert-OH is 1. The molecule has 2 N–H and O–H groups in total. The smallest absolute Gasteiger partial charge is 0.125 e. The van der Waals surface area contributed by atoms with E-state index in [0.717, 1.165) is 11.1 Å². The molecule has 3 heteroatoms. The van der Waals surface area contributed by atoms with E-state index in [0.29, 0.717) is 12.2 Å². The Kier molecular flexibility index (Phi) is 4.54. The lowest BCUT2D eigenvalue weighted by Crippen LogP contribution is -2.31. The zero-order valence-electron chi connectivity index (χ0n) is 11.0. The van der Waals surface area contributed by atoms with Gasteiger partial charge in [-0.2, -0.15) is 0 Å². The van der Waals surface area contributed by atoms with Gasteiger partial charge in [-0.3, -0.25) is 0 Å². The Labute approximate surface area is 103 Å². The van der Waals surface area contributed by atoms with Gasteiger partial charge in [-0.15, -0.1) is 0 Å². The summed E-state index contributed by atoms with van der Waals surface area (Å²) in [4.78, 5) is 0. The zero-order valence-corrected chi connectivity index (χ0v) is 11.0. The lowest BCUT2D eigenvalue weighted by molar-refractivity contribution is 0.00744. The molecule has 1 aromatic rings. The van der Waals surface area contributed by atoms with Gasteiger partial charge in [0.1, 0.15) is 12.4 Å². The van der Waals surface area contributed by atoms with Crippen LogP contribution in [0.25, 0.3) is 0 Å². The van der Waals surface area contributed by atoms with Gasteiger partial charge in [-0.1, -0.05) is 19.1 Å². The maximum absolute atomic E-state index is 9.90. The van der Waals surface area contributed by atoms with Crippen LogP contribution in [0.3, 0.4) is 0 Å². The van der Waals surface area contributed by atoms with Crippen molar-refractivity contribution in [3.8, 4) is 5.75 Å². The van der Waals surface area contributed by atoms with Gasteiger partial charge >= 0.3 is 0 Å². The molecule has 96 valence electrons. The second-order valence-corrected chi connectivity index (χ2v) is 4.86. The number of aliphatic hydroxyl groups is 2. The summed E-state index contributed by atoms with van der Waals surface area (Å²) in [7, 11) is 0. The molecule has 0 saturated heterocycles. The van der Waals surface area contributed by atoms with E-state index >= 15 is 0 Å². The predicted molar refractivity (Wildman–Crippen MR) is 68.2 cm³/mol. The van der Waals surface area contributed by atoms with Crippen LogP contribution in [-0.2, 0) is 0 Å². The third-order valence-corrected chi connectivity index (χ3v) is 2.92. The maximum atomic E-state index is 9.90. The van der Waals surface area contributed by atoms with Gasteiger partial charge in [0.2, 0.25) is 0 Å². The van der Waals surface area contributed by atoms with Gasteiger partial charge < -0.3 is 14.9 Å². The van der Waals surface area contributed by atoms with Gasteiger partial charge in [-0.05, 0) is 38.8 Å². The van der Waals surface area contributed by atoms with Crippen LogP contribution < -0.4 is 4.74 Å². The van der Waals surface area contributed by atoms with Crippen molar-refractivity contribution in [2.75, 3.05) is 6.61 Å². The van der Waals surface area contributed by atoms with Crippen molar-refractivity contribution in [3.05, 3.63) is 29.3 Å². The normalized spacial score (nSPS) is 16.4. The monoisotopic (exact) mass is 238 g/mol. The molecule has 0 heterocycles. The lowest BCUT2D eigenvalue weighted by atomic mass is 10.0. The molecule has 1 unspecified atom stereocenters. The van der Waals surface area contributed by atoms with E-state index in [9.17, 15) is 10.2 Å². The van der Waals surface area contributed by atoms with Crippen molar-refractivity contribution >= 4 is 0 Å². The molecule has 0 bridgehead atoms. The average Bonchev–Trinajstić information content (AvgIpc) is 2.26. The molecule has 0 aliphatic carbocycles. The highest BCUT2D eigenvalue weighted by Crippen LogP contribution is 2.27. The maximum Gasteiger partial charge on any atom is 0.125 e. The van der Waals surface area contributed by atoms with E-state index in [1.54, 1.807) is 13.8 Å². The summed E-state index contributed by atoms with van der Waals surface area (Å²) in [6.45, 7) is 7.55. The summed E-state index contributed by atoms with van der Waals surface area (Å²) in [6.07, 6.45) is 0.0557. The third kappa shape index (κ3) is 4.02. The highest BCUT2D eigenvalue weighted by Gasteiger charge is 2.19. The van der Waals surface area contributed by atoms with Crippen molar-refractivity contribution in [2.45, 2.75) is 45.8 Å². The van der Waals surface area contributed by atoms with Crippen molar-refractivity contribution in [2.24, 2.45) is 0 Å². The standard InChI is InChI=1S/C14H22O3/c1-5-14(4,16)9-17-13-8-10(2)6-7-12(13)11(3)15/h6-8,11,15-16H,5,9H2,1-4H3/t11-,14?/m0/s1. The molecule has 17 heavy (non-hydrogen) atoms. The Morgan fingerprint density at radius 3 is 2.59 bits per heavy atom. The first-order valence-corrected chi connectivity index (χ1v) is 5.99. The van der Waals surface area contributed by atoms with Gasteiger partial charge in [0.25, 0.3) is 0 Å². The van der Waals surface area contributed by atoms with Gasteiger partial charge in [-0.25, -0.2) is 0 Å². The minimum absolute atomic E-state index is 0.229. The largest absolute Gasteiger partial charge is 0.490 e. The van der Waals surface area contributed by atoms with Crippen LogP contribution in [0.2, 0.25) is 0 Å². The van der Waals surface area contributed by atoms with E-state index in [1.165, 1.54) is 0 Å². The van der Waals surface area contributed by atoms with E-state index in [4.69, 9.17) is 4.74 Å². The fourth-order valence-corrected chi connectivity index (χ4v) is 1.45. The van der Waals surface area contributed by atoms with Crippen LogP contribution in [0.4, 0.5) is 0 Å². The summed E-state index contributed by atoms with van der Waals surface area (Å²) in [6, 6.07) is 5.68. The summed E-state index contributed by atoms with van der Waals surface area (Å²) < 4.78 is 5.62. The molecule has 0 aliphatic rings. The predicted octanol–water partition coefficient (Wildman–Crippen LogP) is 2.59. The first-order chi connectivity index (χ1) is 7.85. The van der Waals surface area contributed by atoms with Gasteiger partial charge in [0.05, 0.1) is 11.7 Å². The van der Waals surface area contributed by atoms with Crippen molar-refractivity contribution in [1.82, 2.24) is 0 Å². The topological polar surface area (TPSA) is 49.7 Å². The number of hydrogen-bond donors (Lipinski definition) is 2. The van der Waals surface area contributed by atoms with E-state index in [-0.39, 0.29) is 6.61 Å². The number of rotatable bonds is 5. The molecule has 0 amide bonds. The summed E-state index contributed by atoms with van der Waals surface area (Å²) in [5.41, 5.74) is 0.989. The average molecular weight is 238 g/mol. The summed E-state index contributed by atoms with van der Waals surface area (Å²) >= 11 is 0. The molecule has 0 fully saturated rings. The quantitative estimate of drug-likeness (QED) is 0.829. The molecular weight excluding hydrogens is 216 g/mol. The fraction of sp³-hybridized carbons (Fsp3) is 0.571. The Bertz CT molecular complexity index is 370. The van der Waals surface area contributed by atoms with Gasteiger partial charge in [0.15, 0.2) is 0 Å². The van der Waals surface area contributed by atoms with Crippen molar-refractivity contribution in [1.29, 1.82) is 0 Å². The molecular formula is C14H22O3. The Morgan fingerprint density at radius 2 is 2.06 bits per heavy atom. The second kappa shape index (κ2) is 5.52. The molecule has 1 aromatic carbocycles. The summed E-state index contributed by atoms with van der Waals surface area (Å²) in [5, 5.41) is 19.5. The highest BCUT2D eigenvalue weighted by molar-refractivity contribution is 5.38. The van der Waals surface area contributed by atoms with Crippen LogP contribution in [-0.4, -0.2) is 22.4 Å². The SMILES string of the molecule is CCC(C)(O)COc1cc(C)ccc1[C@H](C)O. The molecule has 1 rings (SSSR count). The Balaban J connectivity index is 2.85. The van der Waals surface area contributed by atoms with Crippen LogP contribution in [0.15, 0.2) is 18.2 Å². The third-order valence-electron chi connectivity index (χ3n) is 2.92. The fourth-order valence-electron chi connectivity index (χ4n) is 1.45. The van der Waals surface area contributed by atoms with Crippen LogP contribution >= 0.6 is 0 Å². The zero-order chi connectivity index (χ0) is 13.1. The highest BCUT2D eigenvalue weighted by atomic mass is 16.5. The molecule has 0 saturated carbocycles. The van der Waals surface area contributed by atoms with Crippen molar-refractivity contribution in [3.63, 3.8) is 0 Å². The minimum atomic E-state index is -0.834. The molecule has 0 radical (unpaired) electrons. The molecule has 3 nitrogen and oxygen atoms in total. The number of benzene rings is 1. The number of aryl methyl sites for hydroxylation is 1. The minimum Gasteiger partial charge on any atom is -0.490 e. The lowest BCUT2D eigenvalue weighted by Gasteiger charge is -2.23. The first kappa shape index (κ1) is 14.0. The molecule has 0 spiro atoms. The van der Waals surface area contributed by atoms with E-state index in [1.807, 2.05) is 32.0 Å². The Hall–Kier alpha value is -1.06. The van der Waals surface area contributed by atoms with Crippen LogP contribution in [0.5, 0.6) is 5.75 Å². The number of hydrogen-bond acceptors (Lipinski definition) is 3. The molecule has 2 atom stereocenters.